The zero-order valence-electron chi connectivity index (χ0n) is 22.9. The summed E-state index contributed by atoms with van der Waals surface area (Å²) in [5, 5.41) is 6.65. The van der Waals surface area contributed by atoms with Crippen LogP contribution in [-0.2, 0) is 16.0 Å². The Balaban J connectivity index is 1.49. The van der Waals surface area contributed by atoms with Gasteiger partial charge in [-0.1, -0.05) is 25.1 Å². The van der Waals surface area contributed by atoms with Crippen LogP contribution in [0.2, 0.25) is 0 Å². The van der Waals surface area contributed by atoms with Crippen LogP contribution in [0.25, 0.3) is 16.8 Å². The van der Waals surface area contributed by atoms with Crippen molar-refractivity contribution >= 4 is 39.6 Å². The van der Waals surface area contributed by atoms with Gasteiger partial charge in [0.25, 0.3) is 5.91 Å². The fourth-order valence-electron chi connectivity index (χ4n) is 4.96. The standard InChI is InChI=1S/C29H33N7O3S/c1-4-21-18-32-29(40-21)34-28(38)20-12-10-19(11-13-20)24-25-26(30-2)31-14-16-36(25)27(33-24)22-8-5-6-15-35(22)23(37)9-7-17-39-3/h7,9-14,16,18,22H,4-6,8,15,17H2,1-3H3,(H,30,31)(H,32,34,38)/b9-7+. The number of aromatic nitrogens is 4. The van der Waals surface area contributed by atoms with Crippen LogP contribution in [0.4, 0.5) is 10.9 Å². The molecular weight excluding hydrogens is 526 g/mol. The van der Waals surface area contributed by atoms with Crippen LogP contribution in [0, 0.1) is 0 Å². The smallest absolute Gasteiger partial charge is 0.257 e. The van der Waals surface area contributed by atoms with Gasteiger partial charge < -0.3 is 15.0 Å². The van der Waals surface area contributed by atoms with Crippen molar-refractivity contribution in [2.24, 2.45) is 0 Å². The van der Waals surface area contributed by atoms with Gasteiger partial charge in [0.2, 0.25) is 5.91 Å². The monoisotopic (exact) mass is 559 g/mol. The lowest BCUT2D eigenvalue weighted by atomic mass is 10.0. The van der Waals surface area contributed by atoms with E-state index in [2.05, 4.69) is 27.5 Å². The third-order valence-corrected chi connectivity index (χ3v) is 8.03. The first kappa shape index (κ1) is 27.5. The molecule has 2 amide bonds. The molecule has 0 spiro atoms. The maximum atomic E-state index is 13.1. The van der Waals surface area contributed by atoms with Crippen molar-refractivity contribution in [2.45, 2.75) is 38.6 Å². The Morgan fingerprint density at radius 3 is 2.75 bits per heavy atom. The van der Waals surface area contributed by atoms with Crippen LogP contribution in [0.15, 0.2) is 55.0 Å². The molecule has 3 aromatic heterocycles. The number of benzene rings is 1. The molecule has 0 aliphatic carbocycles. The number of likely N-dealkylation sites (tertiary alicyclic amines) is 1. The Hall–Kier alpha value is -4.09. The molecule has 4 heterocycles. The fraction of sp³-hybridized carbons (Fsp3) is 0.345. The summed E-state index contributed by atoms with van der Waals surface area (Å²) in [4.78, 5) is 42.9. The summed E-state index contributed by atoms with van der Waals surface area (Å²) >= 11 is 1.48. The van der Waals surface area contributed by atoms with Crippen LogP contribution < -0.4 is 10.6 Å². The number of hydrogen-bond acceptors (Lipinski definition) is 8. The Labute approximate surface area is 237 Å². The van der Waals surface area contributed by atoms with Gasteiger partial charge in [-0.3, -0.25) is 19.3 Å². The SMILES string of the molecule is CCc1cnc(NC(=O)c2ccc(-c3nc(C4CCCCN4C(=O)/C=C/COC)n4ccnc(NC)c34)cc2)s1. The molecule has 0 saturated carbocycles. The molecule has 11 heteroatoms. The molecule has 4 aromatic rings. The first-order valence-electron chi connectivity index (χ1n) is 13.4. The third kappa shape index (κ3) is 5.61. The third-order valence-electron chi connectivity index (χ3n) is 6.97. The molecule has 1 unspecified atom stereocenters. The predicted octanol–water partition coefficient (Wildman–Crippen LogP) is 4.97. The van der Waals surface area contributed by atoms with E-state index in [0.717, 1.165) is 53.2 Å². The largest absolute Gasteiger partial charge is 0.381 e. The van der Waals surface area contributed by atoms with Crippen LogP contribution in [0.3, 0.4) is 0 Å². The van der Waals surface area contributed by atoms with Crippen LogP contribution in [0.5, 0.6) is 0 Å². The summed E-state index contributed by atoms with van der Waals surface area (Å²) in [5.41, 5.74) is 2.93. The molecule has 1 saturated heterocycles. The number of anilines is 2. The van der Waals surface area contributed by atoms with Crippen molar-refractivity contribution in [3.63, 3.8) is 0 Å². The summed E-state index contributed by atoms with van der Waals surface area (Å²) < 4.78 is 7.09. The van der Waals surface area contributed by atoms with E-state index in [9.17, 15) is 9.59 Å². The second-order valence-electron chi connectivity index (χ2n) is 9.48. The number of nitrogens with one attached hydrogen (secondary N) is 2. The fourth-order valence-corrected chi connectivity index (χ4v) is 5.71. The number of fused-ring (bicyclic) bond motifs is 1. The maximum absolute atomic E-state index is 13.1. The number of carbonyl (C=O) groups excluding carboxylic acids is 2. The minimum absolute atomic E-state index is 0.0513. The number of piperidine rings is 1. The van der Waals surface area contributed by atoms with Gasteiger partial charge in [0, 0.05) is 61.4 Å². The highest BCUT2D eigenvalue weighted by atomic mass is 32.1. The molecule has 2 N–H and O–H groups in total. The molecule has 1 fully saturated rings. The maximum Gasteiger partial charge on any atom is 0.257 e. The summed E-state index contributed by atoms with van der Waals surface area (Å²) in [5.74, 6) is 1.20. The predicted molar refractivity (Wildman–Crippen MR) is 157 cm³/mol. The number of carbonyl (C=O) groups is 2. The van der Waals surface area contributed by atoms with Gasteiger partial charge in [-0.15, -0.1) is 11.3 Å². The van der Waals surface area contributed by atoms with E-state index in [-0.39, 0.29) is 17.9 Å². The number of aryl methyl sites for hydroxylation is 1. The van der Waals surface area contributed by atoms with E-state index in [4.69, 9.17) is 9.72 Å². The molecule has 0 radical (unpaired) electrons. The molecule has 208 valence electrons. The number of ether oxygens (including phenoxy) is 1. The topological polar surface area (TPSA) is 114 Å². The van der Waals surface area contributed by atoms with Gasteiger partial charge in [-0.25, -0.2) is 15.0 Å². The van der Waals surface area contributed by atoms with Crippen LogP contribution >= 0.6 is 11.3 Å². The van der Waals surface area contributed by atoms with Gasteiger partial charge in [-0.2, -0.15) is 0 Å². The molecule has 5 rings (SSSR count). The Kier molecular flexibility index (Phi) is 8.51. The summed E-state index contributed by atoms with van der Waals surface area (Å²) in [6.07, 6.45) is 12.4. The minimum Gasteiger partial charge on any atom is -0.381 e. The second-order valence-corrected chi connectivity index (χ2v) is 10.6. The first-order valence-corrected chi connectivity index (χ1v) is 14.2. The van der Waals surface area contributed by atoms with Gasteiger partial charge in [-0.05, 0) is 37.8 Å². The number of rotatable bonds is 9. The summed E-state index contributed by atoms with van der Waals surface area (Å²) in [7, 11) is 3.43. The second kappa shape index (κ2) is 12.4. The number of hydrogen-bond donors (Lipinski definition) is 2. The average molecular weight is 560 g/mol. The highest BCUT2D eigenvalue weighted by Gasteiger charge is 2.31. The van der Waals surface area contributed by atoms with Crippen molar-refractivity contribution in [1.82, 2.24) is 24.3 Å². The minimum atomic E-state index is -0.214. The molecule has 1 aliphatic rings. The Bertz CT molecular complexity index is 1530. The quantitative estimate of drug-likeness (QED) is 0.279. The van der Waals surface area contributed by atoms with E-state index in [0.29, 0.717) is 29.7 Å². The zero-order chi connectivity index (χ0) is 28.1. The number of nitrogens with zero attached hydrogens (tertiary/aromatic N) is 5. The zero-order valence-corrected chi connectivity index (χ0v) is 23.7. The molecule has 40 heavy (non-hydrogen) atoms. The molecule has 0 bridgehead atoms. The Morgan fingerprint density at radius 1 is 1.20 bits per heavy atom. The van der Waals surface area contributed by atoms with E-state index in [1.807, 2.05) is 34.7 Å². The summed E-state index contributed by atoms with van der Waals surface area (Å²) in [6.45, 7) is 3.11. The average Bonchev–Trinajstić information content (AvgIpc) is 3.62. The highest BCUT2D eigenvalue weighted by Crippen LogP contribution is 2.36. The van der Waals surface area contributed by atoms with Crippen LogP contribution in [-0.4, -0.2) is 63.4 Å². The molecule has 1 atom stereocenters. The highest BCUT2D eigenvalue weighted by molar-refractivity contribution is 7.15. The van der Waals surface area contributed by atoms with E-state index >= 15 is 0 Å². The summed E-state index contributed by atoms with van der Waals surface area (Å²) in [6, 6.07) is 7.18. The molecule has 10 nitrogen and oxygen atoms in total. The molecule has 1 aliphatic heterocycles. The van der Waals surface area contributed by atoms with Gasteiger partial charge in [0.05, 0.1) is 12.6 Å². The van der Waals surface area contributed by atoms with Crippen molar-refractivity contribution in [3.05, 3.63) is 71.3 Å². The number of methoxy groups -OCH3 is 1. The van der Waals surface area contributed by atoms with E-state index < -0.39 is 0 Å². The van der Waals surface area contributed by atoms with E-state index in [1.165, 1.54) is 11.3 Å². The number of amides is 2. The first-order chi connectivity index (χ1) is 19.5. The lowest BCUT2D eigenvalue weighted by molar-refractivity contribution is -0.130. The number of imidazole rings is 1. The van der Waals surface area contributed by atoms with Crippen molar-refractivity contribution in [3.8, 4) is 11.3 Å². The van der Waals surface area contributed by atoms with E-state index in [1.54, 1.807) is 43.8 Å². The Morgan fingerprint density at radius 2 is 2.02 bits per heavy atom. The van der Waals surface area contributed by atoms with Gasteiger partial charge in [0.1, 0.15) is 17.0 Å². The lowest BCUT2D eigenvalue weighted by Crippen LogP contribution is -2.38. The normalized spacial score (nSPS) is 15.6. The van der Waals surface area contributed by atoms with Crippen LogP contribution in [0.1, 0.15) is 53.3 Å². The molecule has 1 aromatic carbocycles. The molecular formula is C29H33N7O3S. The van der Waals surface area contributed by atoms with Crippen molar-refractivity contribution in [2.75, 3.05) is 37.9 Å². The van der Waals surface area contributed by atoms with Crippen molar-refractivity contribution < 1.29 is 14.3 Å². The lowest BCUT2D eigenvalue weighted by Gasteiger charge is -2.34. The van der Waals surface area contributed by atoms with Gasteiger partial charge in [0.15, 0.2) is 10.9 Å². The number of thiazole rings is 1. The van der Waals surface area contributed by atoms with Crippen molar-refractivity contribution in [1.29, 1.82) is 0 Å². The van der Waals surface area contributed by atoms with Gasteiger partial charge >= 0.3 is 0 Å².